The van der Waals surface area contributed by atoms with Gasteiger partial charge in [-0.15, -0.1) is 0 Å². The second kappa shape index (κ2) is 5.88. The Balaban J connectivity index is 1.91. The highest BCUT2D eigenvalue weighted by Crippen LogP contribution is 2.17. The molecule has 0 aliphatic heterocycles. The van der Waals surface area contributed by atoms with E-state index in [9.17, 15) is 4.79 Å². The standard InChI is InChI=1S/C15H16N6O/c1-3-11(14-18-9-19-21(14)2)20-15(22)10-5-4-6-12-13(10)17-8-7-16-12/h4-9,11H,3H2,1-2H3,(H,20,22)/t11-/m0/s1. The van der Waals surface area contributed by atoms with Gasteiger partial charge < -0.3 is 5.32 Å². The Morgan fingerprint density at radius 3 is 2.82 bits per heavy atom. The number of hydrogen-bond acceptors (Lipinski definition) is 5. The topological polar surface area (TPSA) is 85.6 Å². The number of nitrogens with one attached hydrogen (secondary N) is 1. The Labute approximate surface area is 127 Å². The number of aromatic nitrogens is 5. The van der Waals surface area contributed by atoms with E-state index in [0.29, 0.717) is 23.0 Å². The molecule has 1 atom stereocenters. The predicted octanol–water partition coefficient (Wildman–Crippen LogP) is 1.64. The SMILES string of the molecule is CC[C@H](NC(=O)c1cccc2nccnc12)c1ncnn1C. The van der Waals surface area contributed by atoms with Crippen LogP contribution >= 0.6 is 0 Å². The Hall–Kier alpha value is -2.83. The van der Waals surface area contributed by atoms with E-state index in [0.717, 1.165) is 5.82 Å². The van der Waals surface area contributed by atoms with Gasteiger partial charge in [0.1, 0.15) is 17.7 Å². The lowest BCUT2D eigenvalue weighted by molar-refractivity contribution is 0.0934. The lowest BCUT2D eigenvalue weighted by Crippen LogP contribution is -2.30. The van der Waals surface area contributed by atoms with Crippen molar-refractivity contribution < 1.29 is 4.79 Å². The summed E-state index contributed by atoms with van der Waals surface area (Å²) in [6.07, 6.45) is 5.39. The van der Waals surface area contributed by atoms with Crippen molar-refractivity contribution in [3.8, 4) is 0 Å². The summed E-state index contributed by atoms with van der Waals surface area (Å²) in [6, 6.07) is 5.18. The molecule has 0 unspecified atom stereocenters. The van der Waals surface area contributed by atoms with E-state index in [1.807, 2.05) is 13.0 Å². The predicted molar refractivity (Wildman–Crippen MR) is 81.0 cm³/mol. The zero-order chi connectivity index (χ0) is 15.5. The Morgan fingerprint density at radius 2 is 2.09 bits per heavy atom. The van der Waals surface area contributed by atoms with Crippen LogP contribution in [-0.4, -0.2) is 30.6 Å². The Bertz CT molecular complexity index is 807. The summed E-state index contributed by atoms with van der Waals surface area (Å²) in [6.45, 7) is 1.99. The van der Waals surface area contributed by atoms with Gasteiger partial charge in [-0.1, -0.05) is 13.0 Å². The number of hydrogen-bond donors (Lipinski definition) is 1. The number of benzene rings is 1. The van der Waals surface area contributed by atoms with E-state index in [-0.39, 0.29) is 11.9 Å². The highest BCUT2D eigenvalue weighted by Gasteiger charge is 2.19. The van der Waals surface area contributed by atoms with Crippen molar-refractivity contribution in [1.82, 2.24) is 30.0 Å². The Morgan fingerprint density at radius 1 is 1.27 bits per heavy atom. The molecule has 7 heteroatoms. The summed E-state index contributed by atoms with van der Waals surface area (Å²) in [7, 11) is 1.81. The molecule has 0 aliphatic carbocycles. The molecule has 2 aromatic heterocycles. The third-order valence-electron chi connectivity index (χ3n) is 3.51. The van der Waals surface area contributed by atoms with E-state index < -0.39 is 0 Å². The quantitative estimate of drug-likeness (QED) is 0.791. The molecule has 0 bridgehead atoms. The van der Waals surface area contributed by atoms with Gasteiger partial charge in [0.25, 0.3) is 5.91 Å². The smallest absolute Gasteiger partial charge is 0.254 e. The van der Waals surface area contributed by atoms with Gasteiger partial charge in [0.05, 0.1) is 17.1 Å². The van der Waals surface area contributed by atoms with Gasteiger partial charge in [-0.2, -0.15) is 5.10 Å². The summed E-state index contributed by atoms with van der Waals surface area (Å²) in [5, 5.41) is 7.04. The van der Waals surface area contributed by atoms with Crippen LogP contribution in [0.15, 0.2) is 36.9 Å². The summed E-state index contributed by atoms with van der Waals surface area (Å²) in [4.78, 5) is 25.3. The minimum Gasteiger partial charge on any atom is -0.342 e. The zero-order valence-electron chi connectivity index (χ0n) is 12.4. The second-order valence-corrected chi connectivity index (χ2v) is 4.91. The van der Waals surface area contributed by atoms with Crippen molar-refractivity contribution in [2.75, 3.05) is 0 Å². The molecule has 0 spiro atoms. The lowest BCUT2D eigenvalue weighted by Gasteiger charge is -2.16. The fraction of sp³-hybridized carbons (Fsp3) is 0.267. The first-order valence-electron chi connectivity index (χ1n) is 7.05. The number of para-hydroxylation sites is 1. The highest BCUT2D eigenvalue weighted by atomic mass is 16.1. The molecule has 0 radical (unpaired) electrons. The molecule has 1 amide bonds. The second-order valence-electron chi connectivity index (χ2n) is 4.91. The lowest BCUT2D eigenvalue weighted by atomic mass is 10.1. The zero-order valence-corrected chi connectivity index (χ0v) is 12.4. The molecular weight excluding hydrogens is 280 g/mol. The number of carbonyl (C=O) groups excluding carboxylic acids is 1. The van der Waals surface area contributed by atoms with Gasteiger partial charge in [-0.25, -0.2) is 4.98 Å². The summed E-state index contributed by atoms with van der Waals surface area (Å²) >= 11 is 0. The number of amides is 1. The molecular formula is C15H16N6O. The summed E-state index contributed by atoms with van der Waals surface area (Å²) in [5.74, 6) is 0.531. The van der Waals surface area contributed by atoms with E-state index in [2.05, 4.69) is 25.4 Å². The number of nitrogens with zero attached hydrogens (tertiary/aromatic N) is 5. The van der Waals surface area contributed by atoms with Crippen LogP contribution < -0.4 is 5.32 Å². The largest absolute Gasteiger partial charge is 0.342 e. The van der Waals surface area contributed by atoms with Gasteiger partial charge in [0.15, 0.2) is 0 Å². The fourth-order valence-corrected chi connectivity index (χ4v) is 2.38. The van der Waals surface area contributed by atoms with Crippen molar-refractivity contribution in [1.29, 1.82) is 0 Å². The molecule has 112 valence electrons. The maximum absolute atomic E-state index is 12.6. The van der Waals surface area contributed by atoms with Gasteiger partial charge in [-0.3, -0.25) is 19.4 Å². The van der Waals surface area contributed by atoms with Crippen LogP contribution in [-0.2, 0) is 7.05 Å². The normalized spacial score (nSPS) is 12.3. The average Bonchev–Trinajstić information content (AvgIpc) is 2.97. The van der Waals surface area contributed by atoms with Crippen LogP contribution in [0.4, 0.5) is 0 Å². The molecule has 3 aromatic rings. The minimum absolute atomic E-state index is 0.194. The number of carbonyl (C=O) groups is 1. The summed E-state index contributed by atoms with van der Waals surface area (Å²) < 4.78 is 1.66. The summed E-state index contributed by atoms with van der Waals surface area (Å²) in [5.41, 5.74) is 1.79. The van der Waals surface area contributed by atoms with Crippen LogP contribution in [0.5, 0.6) is 0 Å². The Kier molecular flexibility index (Phi) is 3.78. The monoisotopic (exact) mass is 296 g/mol. The molecule has 0 saturated carbocycles. The third kappa shape index (κ3) is 2.52. The van der Waals surface area contributed by atoms with Crippen molar-refractivity contribution in [2.45, 2.75) is 19.4 Å². The van der Waals surface area contributed by atoms with Crippen LogP contribution in [0.1, 0.15) is 35.6 Å². The van der Waals surface area contributed by atoms with Gasteiger partial charge in [0, 0.05) is 19.4 Å². The van der Waals surface area contributed by atoms with E-state index in [1.54, 1.807) is 36.3 Å². The average molecular weight is 296 g/mol. The molecule has 1 aromatic carbocycles. The molecule has 3 rings (SSSR count). The van der Waals surface area contributed by atoms with Crippen LogP contribution in [0.25, 0.3) is 11.0 Å². The maximum Gasteiger partial charge on any atom is 0.254 e. The van der Waals surface area contributed by atoms with Crippen LogP contribution in [0.2, 0.25) is 0 Å². The van der Waals surface area contributed by atoms with Gasteiger partial charge in [0.2, 0.25) is 0 Å². The van der Waals surface area contributed by atoms with Crippen molar-refractivity contribution in [2.24, 2.45) is 7.05 Å². The van der Waals surface area contributed by atoms with Crippen molar-refractivity contribution in [3.63, 3.8) is 0 Å². The maximum atomic E-state index is 12.6. The van der Waals surface area contributed by atoms with Crippen LogP contribution in [0.3, 0.4) is 0 Å². The molecule has 0 fully saturated rings. The first-order valence-corrected chi connectivity index (χ1v) is 7.05. The number of fused-ring (bicyclic) bond motifs is 1. The molecule has 2 heterocycles. The van der Waals surface area contributed by atoms with Gasteiger partial charge in [-0.05, 0) is 18.6 Å². The molecule has 7 nitrogen and oxygen atoms in total. The first-order chi connectivity index (χ1) is 10.7. The first kappa shape index (κ1) is 14.1. The number of aryl methyl sites for hydroxylation is 1. The van der Waals surface area contributed by atoms with E-state index in [4.69, 9.17) is 0 Å². The number of rotatable bonds is 4. The van der Waals surface area contributed by atoms with Crippen molar-refractivity contribution in [3.05, 3.63) is 48.3 Å². The molecule has 0 aliphatic rings. The van der Waals surface area contributed by atoms with Crippen LogP contribution in [0, 0.1) is 0 Å². The van der Waals surface area contributed by atoms with E-state index in [1.165, 1.54) is 6.33 Å². The highest BCUT2D eigenvalue weighted by molar-refractivity contribution is 6.04. The molecule has 22 heavy (non-hydrogen) atoms. The molecule has 0 saturated heterocycles. The molecule has 1 N–H and O–H groups in total. The van der Waals surface area contributed by atoms with Crippen molar-refractivity contribution >= 4 is 16.9 Å². The van der Waals surface area contributed by atoms with E-state index >= 15 is 0 Å². The van der Waals surface area contributed by atoms with Gasteiger partial charge >= 0.3 is 0 Å². The third-order valence-corrected chi connectivity index (χ3v) is 3.51. The fourth-order valence-electron chi connectivity index (χ4n) is 2.38. The minimum atomic E-state index is -0.202.